The highest BCUT2D eigenvalue weighted by Crippen LogP contribution is 2.28. The minimum atomic E-state index is -3.92. The molecule has 1 saturated carbocycles. The number of benzene rings is 1. The minimum absolute atomic E-state index is 0.00925. The van der Waals surface area contributed by atoms with Crippen molar-refractivity contribution in [3.05, 3.63) is 23.2 Å². The van der Waals surface area contributed by atoms with E-state index in [1.165, 1.54) is 12.1 Å². The summed E-state index contributed by atoms with van der Waals surface area (Å²) in [5.74, 6) is 0.0791. The van der Waals surface area contributed by atoms with Gasteiger partial charge in [-0.3, -0.25) is 0 Å². The first-order chi connectivity index (χ1) is 10.6. The van der Waals surface area contributed by atoms with Crippen molar-refractivity contribution in [3.63, 3.8) is 0 Å². The van der Waals surface area contributed by atoms with Crippen molar-refractivity contribution in [3.8, 4) is 0 Å². The fourth-order valence-corrected chi connectivity index (χ4v) is 5.41. The first-order valence-electron chi connectivity index (χ1n) is 7.37. The first-order valence-corrected chi connectivity index (χ1v) is 11.1. The van der Waals surface area contributed by atoms with Gasteiger partial charge in [0.25, 0.3) is 0 Å². The van der Waals surface area contributed by atoms with Crippen LogP contribution in [-0.4, -0.2) is 35.7 Å². The Kier molecular flexibility index (Phi) is 5.73. The van der Waals surface area contributed by atoms with E-state index in [0.29, 0.717) is 13.0 Å². The van der Waals surface area contributed by atoms with Gasteiger partial charge in [0.2, 0.25) is 10.0 Å². The van der Waals surface area contributed by atoms with Crippen molar-refractivity contribution < 1.29 is 16.8 Å². The lowest BCUT2D eigenvalue weighted by molar-refractivity contribution is 0.296. The number of nitrogens with one attached hydrogen (secondary N) is 1. The van der Waals surface area contributed by atoms with Crippen LogP contribution in [-0.2, 0) is 19.9 Å². The largest absolute Gasteiger partial charge is 0.330 e. The molecule has 1 aliphatic carbocycles. The van der Waals surface area contributed by atoms with E-state index in [1.54, 1.807) is 0 Å². The van der Waals surface area contributed by atoms with Crippen molar-refractivity contribution in [2.45, 2.75) is 41.5 Å². The highest BCUT2D eigenvalue weighted by Gasteiger charge is 2.30. The maximum atomic E-state index is 12.6. The lowest BCUT2D eigenvalue weighted by Crippen LogP contribution is -2.44. The van der Waals surface area contributed by atoms with E-state index < -0.39 is 19.9 Å². The molecule has 0 aromatic heterocycles. The summed E-state index contributed by atoms with van der Waals surface area (Å²) in [5.41, 5.74) is 5.72. The summed E-state index contributed by atoms with van der Waals surface area (Å²) in [6, 6.07) is 3.42. The van der Waals surface area contributed by atoms with Crippen molar-refractivity contribution in [2.24, 2.45) is 11.7 Å². The number of rotatable bonds is 5. The Balaban J connectivity index is 2.36. The molecule has 1 fully saturated rings. The SMILES string of the molecule is CS(=O)(=O)c1ccc(Cl)c(S(=O)(=O)N[C@@H]2CCCC[C@H]2CN)c1. The average Bonchev–Trinajstić information content (AvgIpc) is 2.46. The fourth-order valence-electron chi connectivity index (χ4n) is 2.83. The molecular weight excluding hydrogens is 360 g/mol. The zero-order valence-electron chi connectivity index (χ0n) is 12.8. The number of nitrogens with two attached hydrogens (primary N) is 1. The summed E-state index contributed by atoms with van der Waals surface area (Å²) in [4.78, 5) is -0.301. The second-order valence-corrected chi connectivity index (χ2v) is 9.98. The van der Waals surface area contributed by atoms with Gasteiger partial charge in [0.15, 0.2) is 9.84 Å². The molecule has 1 aliphatic rings. The molecule has 0 aliphatic heterocycles. The zero-order chi connectivity index (χ0) is 17.3. The average molecular weight is 381 g/mol. The van der Waals surface area contributed by atoms with Gasteiger partial charge < -0.3 is 5.73 Å². The van der Waals surface area contributed by atoms with Crippen LogP contribution in [0.25, 0.3) is 0 Å². The predicted molar refractivity (Wildman–Crippen MR) is 89.7 cm³/mol. The fraction of sp³-hybridized carbons (Fsp3) is 0.571. The Morgan fingerprint density at radius 1 is 1.22 bits per heavy atom. The predicted octanol–water partition coefficient (Wildman–Crippen LogP) is 1.54. The Labute approximate surface area is 142 Å². The van der Waals surface area contributed by atoms with Crippen LogP contribution in [0.2, 0.25) is 5.02 Å². The molecule has 0 saturated heterocycles. The molecule has 130 valence electrons. The number of halogens is 1. The molecule has 0 spiro atoms. The van der Waals surface area contributed by atoms with Crippen molar-refractivity contribution >= 4 is 31.5 Å². The van der Waals surface area contributed by atoms with Gasteiger partial charge >= 0.3 is 0 Å². The van der Waals surface area contributed by atoms with Gasteiger partial charge in [-0.1, -0.05) is 24.4 Å². The van der Waals surface area contributed by atoms with E-state index in [2.05, 4.69) is 4.72 Å². The van der Waals surface area contributed by atoms with Crippen LogP contribution < -0.4 is 10.5 Å². The monoisotopic (exact) mass is 380 g/mol. The van der Waals surface area contributed by atoms with Crippen LogP contribution in [0.4, 0.5) is 0 Å². The Morgan fingerprint density at radius 3 is 2.48 bits per heavy atom. The lowest BCUT2D eigenvalue weighted by atomic mass is 9.85. The third-order valence-corrected chi connectivity index (χ3v) is 7.22. The molecule has 0 unspecified atom stereocenters. The van der Waals surface area contributed by atoms with Gasteiger partial charge in [-0.15, -0.1) is 0 Å². The standard InChI is InChI=1S/C14H21ClN2O4S2/c1-22(18,19)11-6-7-12(15)14(8-11)23(20,21)17-13-5-3-2-4-10(13)9-16/h6-8,10,13,17H,2-5,9,16H2,1H3/t10-,13+/m0/s1. The molecule has 2 atom stereocenters. The maximum Gasteiger partial charge on any atom is 0.242 e. The van der Waals surface area contributed by atoms with E-state index in [-0.39, 0.29) is 26.8 Å². The van der Waals surface area contributed by atoms with Gasteiger partial charge in [0.05, 0.1) is 9.92 Å². The number of sulfonamides is 1. The molecule has 3 N–H and O–H groups in total. The van der Waals surface area contributed by atoms with Gasteiger partial charge in [-0.05, 0) is 43.5 Å². The van der Waals surface area contributed by atoms with Crippen LogP contribution in [0.5, 0.6) is 0 Å². The summed E-state index contributed by atoms with van der Waals surface area (Å²) in [6.07, 6.45) is 4.57. The molecule has 0 bridgehead atoms. The van der Waals surface area contributed by atoms with Crippen LogP contribution in [0, 0.1) is 5.92 Å². The topological polar surface area (TPSA) is 106 Å². The van der Waals surface area contributed by atoms with Crippen LogP contribution in [0.3, 0.4) is 0 Å². The maximum absolute atomic E-state index is 12.6. The van der Waals surface area contributed by atoms with E-state index >= 15 is 0 Å². The summed E-state index contributed by atoms with van der Waals surface area (Å²) >= 11 is 5.98. The first kappa shape index (κ1) is 18.7. The van der Waals surface area contributed by atoms with Crippen molar-refractivity contribution in [1.82, 2.24) is 4.72 Å². The minimum Gasteiger partial charge on any atom is -0.330 e. The summed E-state index contributed by atoms with van der Waals surface area (Å²) in [7, 11) is -7.44. The molecule has 0 amide bonds. The highest BCUT2D eigenvalue weighted by molar-refractivity contribution is 7.91. The van der Waals surface area contributed by atoms with Gasteiger partial charge in [-0.2, -0.15) is 0 Å². The summed E-state index contributed by atoms with van der Waals surface area (Å²) < 4.78 is 51.2. The van der Waals surface area contributed by atoms with E-state index in [0.717, 1.165) is 31.6 Å². The van der Waals surface area contributed by atoms with Crippen molar-refractivity contribution in [2.75, 3.05) is 12.8 Å². The van der Waals surface area contributed by atoms with Gasteiger partial charge in [0.1, 0.15) is 4.90 Å². The Morgan fingerprint density at radius 2 is 1.87 bits per heavy atom. The van der Waals surface area contributed by atoms with E-state index in [4.69, 9.17) is 17.3 Å². The van der Waals surface area contributed by atoms with Crippen LogP contribution in [0.1, 0.15) is 25.7 Å². The number of sulfone groups is 1. The third-order valence-electron chi connectivity index (χ3n) is 4.14. The van der Waals surface area contributed by atoms with E-state index in [1.807, 2.05) is 0 Å². The molecule has 23 heavy (non-hydrogen) atoms. The third kappa shape index (κ3) is 4.45. The van der Waals surface area contributed by atoms with Gasteiger partial charge in [0, 0.05) is 12.3 Å². The van der Waals surface area contributed by atoms with Crippen LogP contribution in [0.15, 0.2) is 28.0 Å². The smallest absolute Gasteiger partial charge is 0.242 e. The van der Waals surface area contributed by atoms with E-state index in [9.17, 15) is 16.8 Å². The second-order valence-electron chi connectivity index (χ2n) is 5.87. The Hall–Kier alpha value is -0.670. The van der Waals surface area contributed by atoms with Gasteiger partial charge in [-0.25, -0.2) is 21.6 Å². The molecule has 6 nitrogen and oxygen atoms in total. The molecule has 1 aromatic carbocycles. The molecular formula is C14H21ClN2O4S2. The zero-order valence-corrected chi connectivity index (χ0v) is 15.2. The number of hydrogen-bond acceptors (Lipinski definition) is 5. The molecule has 9 heteroatoms. The molecule has 0 heterocycles. The molecule has 1 aromatic rings. The summed E-state index contributed by atoms with van der Waals surface area (Å²) in [6.45, 7) is 0.407. The normalized spacial score (nSPS) is 22.9. The Bertz CT molecular complexity index is 778. The molecule has 0 radical (unpaired) electrons. The number of hydrogen-bond donors (Lipinski definition) is 2. The summed E-state index contributed by atoms with van der Waals surface area (Å²) in [5, 5.41) is -0.00925. The second kappa shape index (κ2) is 7.06. The van der Waals surface area contributed by atoms with Crippen LogP contribution >= 0.6 is 11.6 Å². The highest BCUT2D eigenvalue weighted by atomic mass is 35.5. The lowest BCUT2D eigenvalue weighted by Gasteiger charge is -2.31. The quantitative estimate of drug-likeness (QED) is 0.805. The molecule has 2 rings (SSSR count). The van der Waals surface area contributed by atoms with Crippen molar-refractivity contribution in [1.29, 1.82) is 0 Å².